The van der Waals surface area contributed by atoms with Crippen LogP contribution in [0.15, 0.2) is 0 Å². The van der Waals surface area contributed by atoms with E-state index in [4.69, 9.17) is 0 Å². The summed E-state index contributed by atoms with van der Waals surface area (Å²) in [7, 11) is 0. The molecule has 2 aromatic rings. The Morgan fingerprint density at radius 2 is 1.86 bits per heavy atom. The summed E-state index contributed by atoms with van der Waals surface area (Å²) in [6.45, 7) is 7.07. The third-order valence-electron chi connectivity index (χ3n) is 4.06. The first-order chi connectivity index (χ1) is 10.7. The Labute approximate surface area is 130 Å². The van der Waals surface area contributed by atoms with Crippen LogP contribution in [0.4, 0.5) is 5.95 Å². The Hall–Kier alpha value is -2.05. The Kier molecular flexibility index (Phi) is 4.31. The number of nitrogens with zero attached hydrogens (tertiary/aromatic N) is 6. The van der Waals surface area contributed by atoms with E-state index in [1.165, 1.54) is 0 Å². The SMILES string of the molecule is CCc1nc2n(n1)CC(Nc1nnc(CC)c(CC)n1)CC2. The van der Waals surface area contributed by atoms with Crippen molar-refractivity contribution < 1.29 is 0 Å². The minimum atomic E-state index is 0.276. The molecule has 0 amide bonds. The predicted molar refractivity (Wildman–Crippen MR) is 83.7 cm³/mol. The molecule has 0 fully saturated rings. The summed E-state index contributed by atoms with van der Waals surface area (Å²) in [4.78, 5) is 9.14. The van der Waals surface area contributed by atoms with Gasteiger partial charge in [-0.2, -0.15) is 10.2 Å². The molecule has 0 bridgehead atoms. The molecule has 0 aliphatic carbocycles. The number of hydrogen-bond acceptors (Lipinski definition) is 6. The van der Waals surface area contributed by atoms with Crippen LogP contribution in [0.1, 0.15) is 50.2 Å². The molecule has 22 heavy (non-hydrogen) atoms. The van der Waals surface area contributed by atoms with Gasteiger partial charge in [-0.05, 0) is 19.3 Å². The fourth-order valence-corrected chi connectivity index (χ4v) is 2.81. The van der Waals surface area contributed by atoms with E-state index in [0.717, 1.165) is 61.7 Å². The average molecular weight is 301 g/mol. The number of hydrogen-bond donors (Lipinski definition) is 1. The highest BCUT2D eigenvalue weighted by Crippen LogP contribution is 2.16. The van der Waals surface area contributed by atoms with Gasteiger partial charge in [-0.1, -0.05) is 20.8 Å². The number of anilines is 1. The molecule has 0 saturated heterocycles. The van der Waals surface area contributed by atoms with Crippen LogP contribution in [-0.2, 0) is 32.2 Å². The van der Waals surface area contributed by atoms with E-state index in [-0.39, 0.29) is 6.04 Å². The molecule has 1 aliphatic rings. The summed E-state index contributed by atoms with van der Waals surface area (Å²) in [5, 5.41) is 16.4. The second kappa shape index (κ2) is 6.37. The molecule has 1 unspecified atom stereocenters. The Balaban J connectivity index is 1.71. The van der Waals surface area contributed by atoms with E-state index in [2.05, 4.69) is 51.4 Å². The van der Waals surface area contributed by atoms with Crippen molar-refractivity contribution in [2.24, 2.45) is 0 Å². The van der Waals surface area contributed by atoms with Gasteiger partial charge in [0.1, 0.15) is 5.82 Å². The Morgan fingerprint density at radius 1 is 1.05 bits per heavy atom. The van der Waals surface area contributed by atoms with Gasteiger partial charge in [-0.25, -0.2) is 14.6 Å². The molecule has 118 valence electrons. The van der Waals surface area contributed by atoms with Gasteiger partial charge in [0.2, 0.25) is 5.95 Å². The summed E-state index contributed by atoms with van der Waals surface area (Å²) < 4.78 is 2.01. The maximum atomic E-state index is 4.60. The van der Waals surface area contributed by atoms with Crippen LogP contribution < -0.4 is 5.32 Å². The molecule has 1 N–H and O–H groups in total. The summed E-state index contributed by atoms with van der Waals surface area (Å²) in [6.07, 6.45) is 4.58. The molecule has 7 heteroatoms. The molecule has 0 saturated carbocycles. The number of nitrogens with one attached hydrogen (secondary N) is 1. The van der Waals surface area contributed by atoms with Crippen molar-refractivity contribution in [2.45, 2.75) is 65.5 Å². The van der Waals surface area contributed by atoms with E-state index >= 15 is 0 Å². The number of aryl methyl sites for hydroxylation is 4. The third kappa shape index (κ3) is 2.93. The second-order valence-corrected chi connectivity index (χ2v) is 5.60. The van der Waals surface area contributed by atoms with Crippen molar-refractivity contribution in [3.63, 3.8) is 0 Å². The zero-order valence-electron chi connectivity index (χ0n) is 13.5. The first-order valence-electron chi connectivity index (χ1n) is 8.15. The maximum absolute atomic E-state index is 4.60. The van der Waals surface area contributed by atoms with Crippen molar-refractivity contribution in [1.29, 1.82) is 0 Å². The highest BCUT2D eigenvalue weighted by molar-refractivity contribution is 5.27. The normalized spacial score (nSPS) is 17.3. The summed E-state index contributed by atoms with van der Waals surface area (Å²) in [5.74, 6) is 2.64. The summed E-state index contributed by atoms with van der Waals surface area (Å²) in [5.41, 5.74) is 2.02. The van der Waals surface area contributed by atoms with Crippen LogP contribution in [0, 0.1) is 0 Å². The van der Waals surface area contributed by atoms with Crippen molar-refractivity contribution >= 4 is 5.95 Å². The predicted octanol–water partition coefficient (Wildman–Crippen LogP) is 1.58. The van der Waals surface area contributed by atoms with Crippen LogP contribution >= 0.6 is 0 Å². The highest BCUT2D eigenvalue weighted by atomic mass is 15.4. The molecular weight excluding hydrogens is 278 g/mol. The van der Waals surface area contributed by atoms with Gasteiger partial charge in [0.15, 0.2) is 5.82 Å². The van der Waals surface area contributed by atoms with Crippen LogP contribution in [-0.4, -0.2) is 36.0 Å². The molecule has 2 aromatic heterocycles. The lowest BCUT2D eigenvalue weighted by atomic mass is 10.1. The standard InChI is InChI=1S/C15H23N7/c1-4-11-12(5-2)19-20-15(17-11)16-10-7-8-14-18-13(6-3)21-22(14)9-10/h10H,4-9H2,1-3H3,(H,16,17,20). The fraction of sp³-hybridized carbons (Fsp3) is 0.667. The van der Waals surface area contributed by atoms with Crippen molar-refractivity contribution in [2.75, 3.05) is 5.32 Å². The van der Waals surface area contributed by atoms with Crippen LogP contribution in [0.25, 0.3) is 0 Å². The third-order valence-corrected chi connectivity index (χ3v) is 4.06. The van der Waals surface area contributed by atoms with E-state index in [0.29, 0.717) is 5.95 Å². The zero-order valence-corrected chi connectivity index (χ0v) is 13.5. The maximum Gasteiger partial charge on any atom is 0.243 e. The first kappa shape index (κ1) is 14.9. The average Bonchev–Trinajstić information content (AvgIpc) is 2.97. The Bertz CT molecular complexity index is 649. The molecule has 3 rings (SSSR count). The van der Waals surface area contributed by atoms with E-state index < -0.39 is 0 Å². The quantitative estimate of drug-likeness (QED) is 0.903. The molecule has 0 radical (unpaired) electrons. The van der Waals surface area contributed by atoms with Gasteiger partial charge >= 0.3 is 0 Å². The van der Waals surface area contributed by atoms with Crippen molar-refractivity contribution in [3.05, 3.63) is 23.0 Å². The largest absolute Gasteiger partial charge is 0.348 e. The topological polar surface area (TPSA) is 81.4 Å². The Morgan fingerprint density at radius 3 is 2.59 bits per heavy atom. The van der Waals surface area contributed by atoms with Gasteiger partial charge < -0.3 is 5.32 Å². The van der Waals surface area contributed by atoms with Gasteiger partial charge in [0, 0.05) is 18.9 Å². The molecular formula is C15H23N7. The molecule has 1 aliphatic heterocycles. The molecule has 0 spiro atoms. The zero-order chi connectivity index (χ0) is 15.5. The molecule has 3 heterocycles. The second-order valence-electron chi connectivity index (χ2n) is 5.60. The van der Waals surface area contributed by atoms with Gasteiger partial charge in [-0.3, -0.25) is 0 Å². The lowest BCUT2D eigenvalue weighted by molar-refractivity contribution is 0.438. The summed E-state index contributed by atoms with van der Waals surface area (Å²) in [6, 6.07) is 0.276. The first-order valence-corrected chi connectivity index (χ1v) is 8.15. The minimum Gasteiger partial charge on any atom is -0.348 e. The van der Waals surface area contributed by atoms with Gasteiger partial charge in [0.05, 0.1) is 17.9 Å². The summed E-state index contributed by atoms with van der Waals surface area (Å²) >= 11 is 0. The van der Waals surface area contributed by atoms with Crippen LogP contribution in [0.5, 0.6) is 0 Å². The van der Waals surface area contributed by atoms with E-state index in [1.54, 1.807) is 0 Å². The van der Waals surface area contributed by atoms with E-state index in [9.17, 15) is 0 Å². The number of fused-ring (bicyclic) bond motifs is 1. The van der Waals surface area contributed by atoms with Gasteiger partial charge in [-0.15, -0.1) is 5.10 Å². The number of rotatable bonds is 5. The lowest BCUT2D eigenvalue weighted by Crippen LogP contribution is -2.33. The van der Waals surface area contributed by atoms with Crippen molar-refractivity contribution in [1.82, 2.24) is 29.9 Å². The van der Waals surface area contributed by atoms with Crippen LogP contribution in [0.2, 0.25) is 0 Å². The monoisotopic (exact) mass is 301 g/mol. The van der Waals surface area contributed by atoms with Crippen LogP contribution in [0.3, 0.4) is 0 Å². The molecule has 1 atom stereocenters. The van der Waals surface area contributed by atoms with Gasteiger partial charge in [0.25, 0.3) is 0 Å². The van der Waals surface area contributed by atoms with E-state index in [1.807, 2.05) is 4.68 Å². The number of aromatic nitrogens is 6. The van der Waals surface area contributed by atoms with Crippen molar-refractivity contribution in [3.8, 4) is 0 Å². The fourth-order valence-electron chi connectivity index (χ4n) is 2.81. The highest BCUT2D eigenvalue weighted by Gasteiger charge is 2.22. The smallest absolute Gasteiger partial charge is 0.243 e. The molecule has 7 nitrogen and oxygen atoms in total. The lowest BCUT2D eigenvalue weighted by Gasteiger charge is -2.23. The minimum absolute atomic E-state index is 0.276. The molecule has 0 aromatic carbocycles.